The largest absolute Gasteiger partial charge is 1.00 e. The van der Waals surface area contributed by atoms with Crippen LogP contribution in [0.2, 0.25) is 0 Å². The lowest BCUT2D eigenvalue weighted by atomic mass is 9.99. The standard InChI is InChI=1S/C15H25NO3.ClH/c1-10(16-15(2,3)4)14(17)12-9-11(18-5)7-8-13(12)19-6;/h7-10,14,16-17H,1-6H3;1H/p-1/t10-,14-;/m0./s1. The number of rotatable bonds is 5. The van der Waals surface area contributed by atoms with E-state index in [0.29, 0.717) is 11.5 Å². The number of halogens is 1. The third kappa shape index (κ3) is 5.19. The Morgan fingerprint density at radius 1 is 1.15 bits per heavy atom. The fourth-order valence-corrected chi connectivity index (χ4v) is 2.10. The van der Waals surface area contributed by atoms with E-state index in [2.05, 4.69) is 26.1 Å². The molecule has 2 atom stereocenters. The van der Waals surface area contributed by atoms with Crippen molar-refractivity contribution >= 4 is 0 Å². The number of nitrogens with one attached hydrogen (secondary N) is 1. The van der Waals surface area contributed by atoms with Gasteiger partial charge in [-0.3, -0.25) is 0 Å². The SMILES string of the molecule is COc1ccc(OC)c([C@@H](O)[C@H](C)NC(C)(C)C)c1.[Cl-]. The van der Waals surface area contributed by atoms with E-state index in [0.717, 1.165) is 5.56 Å². The first-order valence-corrected chi connectivity index (χ1v) is 6.46. The number of hydrogen-bond donors (Lipinski definition) is 2. The summed E-state index contributed by atoms with van der Waals surface area (Å²) in [5, 5.41) is 13.8. The van der Waals surface area contributed by atoms with Crippen LogP contribution in [0.4, 0.5) is 0 Å². The van der Waals surface area contributed by atoms with E-state index in [-0.39, 0.29) is 24.0 Å². The Morgan fingerprint density at radius 2 is 1.75 bits per heavy atom. The van der Waals surface area contributed by atoms with E-state index >= 15 is 0 Å². The summed E-state index contributed by atoms with van der Waals surface area (Å²) >= 11 is 0. The van der Waals surface area contributed by atoms with Crippen molar-refractivity contribution in [2.45, 2.75) is 45.4 Å². The van der Waals surface area contributed by atoms with Gasteiger partial charge in [-0.25, -0.2) is 0 Å². The average molecular weight is 303 g/mol. The second-order valence-corrected chi connectivity index (χ2v) is 5.74. The van der Waals surface area contributed by atoms with Crippen LogP contribution in [0.3, 0.4) is 0 Å². The average Bonchev–Trinajstić information content (AvgIpc) is 2.35. The van der Waals surface area contributed by atoms with Crippen molar-refractivity contribution in [2.75, 3.05) is 14.2 Å². The minimum absolute atomic E-state index is 0. The van der Waals surface area contributed by atoms with Crippen molar-refractivity contribution in [3.8, 4) is 11.5 Å². The summed E-state index contributed by atoms with van der Waals surface area (Å²) in [6, 6.07) is 5.34. The van der Waals surface area contributed by atoms with Gasteiger partial charge in [0.05, 0.1) is 20.3 Å². The zero-order chi connectivity index (χ0) is 14.6. The molecule has 0 unspecified atom stereocenters. The highest BCUT2D eigenvalue weighted by Gasteiger charge is 2.24. The number of ether oxygens (including phenoxy) is 2. The quantitative estimate of drug-likeness (QED) is 0.771. The van der Waals surface area contributed by atoms with Crippen LogP contribution < -0.4 is 27.2 Å². The van der Waals surface area contributed by atoms with Gasteiger partial charge in [0.2, 0.25) is 0 Å². The van der Waals surface area contributed by atoms with Gasteiger partial charge < -0.3 is 32.3 Å². The molecule has 2 N–H and O–H groups in total. The van der Waals surface area contributed by atoms with Gasteiger partial charge in [0.1, 0.15) is 11.5 Å². The molecule has 0 heterocycles. The van der Waals surface area contributed by atoms with E-state index in [4.69, 9.17) is 9.47 Å². The molecule has 1 aromatic carbocycles. The summed E-state index contributed by atoms with van der Waals surface area (Å²) in [7, 11) is 3.20. The molecule has 0 aliphatic carbocycles. The summed E-state index contributed by atoms with van der Waals surface area (Å²) in [4.78, 5) is 0. The molecule has 0 aromatic heterocycles. The predicted octanol–water partition coefficient (Wildman–Crippen LogP) is -0.482. The van der Waals surface area contributed by atoms with Crippen molar-refractivity contribution in [3.05, 3.63) is 23.8 Å². The van der Waals surface area contributed by atoms with Gasteiger partial charge in [-0.05, 0) is 45.9 Å². The van der Waals surface area contributed by atoms with Gasteiger partial charge in [-0.1, -0.05) is 0 Å². The summed E-state index contributed by atoms with van der Waals surface area (Å²) in [6.07, 6.45) is -0.663. The maximum absolute atomic E-state index is 10.5. The Balaban J connectivity index is 0.00000361. The van der Waals surface area contributed by atoms with Crippen molar-refractivity contribution in [1.82, 2.24) is 5.32 Å². The van der Waals surface area contributed by atoms with Crippen molar-refractivity contribution < 1.29 is 27.0 Å². The lowest BCUT2D eigenvalue weighted by Crippen LogP contribution is -3.00. The maximum atomic E-state index is 10.5. The van der Waals surface area contributed by atoms with Crippen molar-refractivity contribution in [1.29, 1.82) is 0 Å². The number of aliphatic hydroxyl groups excluding tert-OH is 1. The van der Waals surface area contributed by atoms with E-state index in [9.17, 15) is 5.11 Å². The van der Waals surface area contributed by atoms with Crippen LogP contribution in [0, 0.1) is 0 Å². The molecule has 0 bridgehead atoms. The molecule has 0 aliphatic heterocycles. The molecule has 0 amide bonds. The minimum atomic E-state index is -0.663. The van der Waals surface area contributed by atoms with Crippen LogP contribution in [0.25, 0.3) is 0 Å². The van der Waals surface area contributed by atoms with Gasteiger partial charge in [0.15, 0.2) is 0 Å². The second-order valence-electron chi connectivity index (χ2n) is 5.74. The zero-order valence-corrected chi connectivity index (χ0v) is 13.8. The van der Waals surface area contributed by atoms with Crippen LogP contribution in [-0.2, 0) is 0 Å². The summed E-state index contributed by atoms with van der Waals surface area (Å²) in [5.74, 6) is 1.37. The lowest BCUT2D eigenvalue weighted by Gasteiger charge is -2.30. The fourth-order valence-electron chi connectivity index (χ4n) is 2.10. The highest BCUT2D eigenvalue weighted by atomic mass is 35.5. The molecule has 0 saturated heterocycles. The fraction of sp³-hybridized carbons (Fsp3) is 0.600. The maximum Gasteiger partial charge on any atom is 0.124 e. The Kier molecular flexibility index (Phi) is 7.34. The molecule has 0 fully saturated rings. The third-order valence-electron chi connectivity index (χ3n) is 2.89. The van der Waals surface area contributed by atoms with E-state index < -0.39 is 6.10 Å². The molecule has 116 valence electrons. The summed E-state index contributed by atoms with van der Waals surface area (Å²) in [5.41, 5.74) is 0.665. The first-order valence-electron chi connectivity index (χ1n) is 6.46. The van der Waals surface area contributed by atoms with Crippen LogP contribution in [0.5, 0.6) is 11.5 Å². The molecule has 4 nitrogen and oxygen atoms in total. The molecular weight excluding hydrogens is 278 g/mol. The highest BCUT2D eigenvalue weighted by molar-refractivity contribution is 5.42. The Bertz CT molecular complexity index is 418. The van der Waals surface area contributed by atoms with Crippen molar-refractivity contribution in [2.24, 2.45) is 0 Å². The lowest BCUT2D eigenvalue weighted by molar-refractivity contribution is -0.00000665. The second kappa shape index (κ2) is 7.72. The van der Waals surface area contributed by atoms with E-state index in [1.807, 2.05) is 19.1 Å². The molecule has 1 aromatic rings. The van der Waals surface area contributed by atoms with E-state index in [1.165, 1.54) is 0 Å². The van der Waals surface area contributed by atoms with Gasteiger partial charge in [0.25, 0.3) is 0 Å². The smallest absolute Gasteiger partial charge is 0.124 e. The van der Waals surface area contributed by atoms with Gasteiger partial charge in [-0.15, -0.1) is 0 Å². The first-order chi connectivity index (χ1) is 8.78. The molecule has 1 rings (SSSR count). The monoisotopic (exact) mass is 302 g/mol. The van der Waals surface area contributed by atoms with Crippen molar-refractivity contribution in [3.63, 3.8) is 0 Å². The minimum Gasteiger partial charge on any atom is -1.00 e. The zero-order valence-electron chi connectivity index (χ0n) is 13.0. The molecule has 20 heavy (non-hydrogen) atoms. The molecule has 0 spiro atoms. The Morgan fingerprint density at radius 3 is 2.20 bits per heavy atom. The number of hydrogen-bond acceptors (Lipinski definition) is 4. The topological polar surface area (TPSA) is 50.7 Å². The van der Waals surface area contributed by atoms with Crippen LogP contribution in [0.1, 0.15) is 39.4 Å². The normalized spacial score (nSPS) is 14.2. The molecular formula is C15H25ClNO3-. The van der Waals surface area contributed by atoms with Crippen LogP contribution in [-0.4, -0.2) is 30.9 Å². The van der Waals surface area contributed by atoms with E-state index in [1.54, 1.807) is 20.3 Å². The van der Waals surface area contributed by atoms with Gasteiger partial charge in [-0.2, -0.15) is 0 Å². The number of aliphatic hydroxyl groups is 1. The number of benzene rings is 1. The summed E-state index contributed by atoms with van der Waals surface area (Å²) in [6.45, 7) is 8.16. The predicted molar refractivity (Wildman–Crippen MR) is 76.9 cm³/mol. The molecule has 0 saturated carbocycles. The Hall–Kier alpha value is -0.970. The molecule has 0 aliphatic rings. The molecule has 5 heteroatoms. The first kappa shape index (κ1) is 19.0. The number of methoxy groups -OCH3 is 2. The van der Waals surface area contributed by atoms with Crippen LogP contribution in [0.15, 0.2) is 18.2 Å². The van der Waals surface area contributed by atoms with Gasteiger partial charge in [0, 0.05) is 17.1 Å². The highest BCUT2D eigenvalue weighted by Crippen LogP contribution is 2.31. The Labute approximate surface area is 127 Å². The molecule has 0 radical (unpaired) electrons. The summed E-state index contributed by atoms with van der Waals surface area (Å²) < 4.78 is 10.5. The third-order valence-corrected chi connectivity index (χ3v) is 2.89. The van der Waals surface area contributed by atoms with Crippen LogP contribution >= 0.6 is 0 Å². The van der Waals surface area contributed by atoms with Gasteiger partial charge >= 0.3 is 0 Å².